The summed E-state index contributed by atoms with van der Waals surface area (Å²) in [5, 5.41) is 5.91. The van der Waals surface area contributed by atoms with Gasteiger partial charge in [-0.1, -0.05) is 6.92 Å². The molecule has 1 saturated heterocycles. The van der Waals surface area contributed by atoms with Crippen molar-refractivity contribution in [2.75, 3.05) is 38.2 Å². The Morgan fingerprint density at radius 2 is 2.28 bits per heavy atom. The van der Waals surface area contributed by atoms with Crippen LogP contribution in [-0.4, -0.2) is 60.9 Å². The van der Waals surface area contributed by atoms with Gasteiger partial charge in [-0.05, 0) is 6.42 Å². The third-order valence-corrected chi connectivity index (χ3v) is 4.01. The van der Waals surface area contributed by atoms with Crippen molar-refractivity contribution in [1.82, 2.24) is 15.5 Å². The van der Waals surface area contributed by atoms with Crippen molar-refractivity contribution < 1.29 is 9.59 Å². The fraction of sp³-hybridized carbons (Fsp3) is 0.833. The summed E-state index contributed by atoms with van der Waals surface area (Å²) in [4.78, 5) is 25.2. The maximum atomic E-state index is 12.1. The number of thioether (sulfide) groups is 1. The Morgan fingerprint density at radius 1 is 1.50 bits per heavy atom. The molecule has 1 aliphatic heterocycles. The monoisotopic (exact) mass is 273 g/mol. The molecular formula is C12H23N3O2S. The molecule has 0 spiro atoms. The fourth-order valence-electron chi connectivity index (χ4n) is 1.90. The van der Waals surface area contributed by atoms with Crippen molar-refractivity contribution in [2.45, 2.75) is 25.8 Å². The van der Waals surface area contributed by atoms with Gasteiger partial charge >= 0.3 is 0 Å². The van der Waals surface area contributed by atoms with Crippen molar-refractivity contribution in [1.29, 1.82) is 0 Å². The minimum absolute atomic E-state index is 0.0699. The molecule has 1 aliphatic rings. The smallest absolute Gasteiger partial charge is 0.239 e. The van der Waals surface area contributed by atoms with Crippen molar-refractivity contribution >= 4 is 23.6 Å². The molecule has 1 heterocycles. The van der Waals surface area contributed by atoms with Crippen molar-refractivity contribution in [2.24, 2.45) is 0 Å². The lowest BCUT2D eigenvalue weighted by Gasteiger charge is -2.27. The van der Waals surface area contributed by atoms with E-state index in [2.05, 4.69) is 10.6 Å². The van der Waals surface area contributed by atoms with Gasteiger partial charge in [-0.25, -0.2) is 0 Å². The van der Waals surface area contributed by atoms with Gasteiger partial charge in [-0.2, -0.15) is 11.8 Å². The van der Waals surface area contributed by atoms with Gasteiger partial charge in [0.25, 0.3) is 0 Å². The zero-order valence-corrected chi connectivity index (χ0v) is 12.0. The van der Waals surface area contributed by atoms with E-state index in [-0.39, 0.29) is 24.4 Å². The molecule has 6 heteroatoms. The summed E-state index contributed by atoms with van der Waals surface area (Å²) in [5.41, 5.74) is 0. The van der Waals surface area contributed by atoms with Crippen LogP contribution in [0.2, 0.25) is 0 Å². The van der Waals surface area contributed by atoms with Crippen LogP contribution in [0.3, 0.4) is 0 Å². The number of hydrogen-bond donors (Lipinski definition) is 2. The van der Waals surface area contributed by atoms with E-state index in [1.807, 2.05) is 18.7 Å². The van der Waals surface area contributed by atoms with Crippen LogP contribution in [0, 0.1) is 0 Å². The SMILES string of the molecule is CCCN(CC(=O)NC)C(=O)CC1CSCCN1. The fourth-order valence-corrected chi connectivity index (χ4v) is 2.85. The number of carbonyl (C=O) groups is 2. The highest BCUT2D eigenvalue weighted by Gasteiger charge is 2.21. The first-order valence-corrected chi connectivity index (χ1v) is 7.62. The molecule has 0 aromatic carbocycles. The Bertz CT molecular complexity index is 280. The number of likely N-dealkylation sites (N-methyl/N-ethyl adjacent to an activating group) is 1. The molecule has 1 rings (SSSR count). The molecule has 2 N–H and O–H groups in total. The Labute approximate surface area is 113 Å². The number of nitrogens with one attached hydrogen (secondary N) is 2. The lowest BCUT2D eigenvalue weighted by atomic mass is 10.2. The summed E-state index contributed by atoms with van der Waals surface area (Å²) in [7, 11) is 1.59. The van der Waals surface area contributed by atoms with Crippen LogP contribution in [-0.2, 0) is 9.59 Å². The van der Waals surface area contributed by atoms with E-state index < -0.39 is 0 Å². The molecular weight excluding hydrogens is 250 g/mol. The number of hydrogen-bond acceptors (Lipinski definition) is 4. The molecule has 0 radical (unpaired) electrons. The van der Waals surface area contributed by atoms with Crippen LogP contribution in [0.25, 0.3) is 0 Å². The van der Waals surface area contributed by atoms with Gasteiger partial charge in [0, 0.05) is 44.1 Å². The van der Waals surface area contributed by atoms with Crippen molar-refractivity contribution in [3.63, 3.8) is 0 Å². The average molecular weight is 273 g/mol. The van der Waals surface area contributed by atoms with Gasteiger partial charge in [0.2, 0.25) is 11.8 Å². The summed E-state index contributed by atoms with van der Waals surface area (Å²) >= 11 is 1.88. The van der Waals surface area contributed by atoms with Gasteiger partial charge in [0.15, 0.2) is 0 Å². The van der Waals surface area contributed by atoms with Crippen LogP contribution >= 0.6 is 11.8 Å². The number of rotatable bonds is 6. The molecule has 0 aliphatic carbocycles. The van der Waals surface area contributed by atoms with E-state index in [0.29, 0.717) is 13.0 Å². The predicted octanol–water partition coefficient (Wildman–Crippen LogP) is 0.0661. The average Bonchev–Trinajstić information content (AvgIpc) is 2.39. The first-order chi connectivity index (χ1) is 8.67. The van der Waals surface area contributed by atoms with Gasteiger partial charge in [-0.15, -0.1) is 0 Å². The normalized spacial score (nSPS) is 19.3. The number of carbonyl (C=O) groups excluding carboxylic acids is 2. The van der Waals surface area contributed by atoms with Crippen molar-refractivity contribution in [3.8, 4) is 0 Å². The molecule has 0 saturated carbocycles. The van der Waals surface area contributed by atoms with Crippen LogP contribution in [0.1, 0.15) is 19.8 Å². The molecule has 1 fully saturated rings. The Hall–Kier alpha value is -0.750. The first-order valence-electron chi connectivity index (χ1n) is 6.46. The van der Waals surface area contributed by atoms with Crippen LogP contribution < -0.4 is 10.6 Å². The molecule has 0 aromatic rings. The second kappa shape index (κ2) is 8.37. The van der Waals surface area contributed by atoms with Gasteiger partial charge < -0.3 is 15.5 Å². The summed E-state index contributed by atoms with van der Waals surface area (Å²) in [6, 6.07) is 0.250. The van der Waals surface area contributed by atoms with Crippen LogP contribution in [0.15, 0.2) is 0 Å². The maximum Gasteiger partial charge on any atom is 0.239 e. The minimum Gasteiger partial charge on any atom is -0.358 e. The van der Waals surface area contributed by atoms with E-state index in [9.17, 15) is 9.59 Å². The molecule has 1 unspecified atom stereocenters. The second-order valence-corrected chi connectivity index (χ2v) is 5.57. The summed E-state index contributed by atoms with van der Waals surface area (Å²) < 4.78 is 0. The van der Waals surface area contributed by atoms with Crippen LogP contribution in [0.5, 0.6) is 0 Å². The van der Waals surface area contributed by atoms with E-state index in [1.165, 1.54) is 0 Å². The highest BCUT2D eigenvalue weighted by atomic mass is 32.2. The van der Waals surface area contributed by atoms with Crippen LogP contribution in [0.4, 0.5) is 0 Å². The standard InChI is InChI=1S/C12H23N3O2S/c1-3-5-15(8-11(16)13-2)12(17)7-10-9-18-6-4-14-10/h10,14H,3-9H2,1-2H3,(H,13,16). The van der Waals surface area contributed by atoms with E-state index in [1.54, 1.807) is 11.9 Å². The molecule has 104 valence electrons. The first kappa shape index (κ1) is 15.3. The number of nitrogens with zero attached hydrogens (tertiary/aromatic N) is 1. The van der Waals surface area contributed by atoms with E-state index >= 15 is 0 Å². The highest BCUT2D eigenvalue weighted by Crippen LogP contribution is 2.11. The third-order valence-electron chi connectivity index (χ3n) is 2.88. The zero-order valence-electron chi connectivity index (χ0n) is 11.2. The largest absolute Gasteiger partial charge is 0.358 e. The minimum atomic E-state index is -0.109. The lowest BCUT2D eigenvalue weighted by molar-refractivity contribution is -0.136. The Balaban J connectivity index is 2.44. The van der Waals surface area contributed by atoms with E-state index in [4.69, 9.17) is 0 Å². The van der Waals surface area contributed by atoms with Gasteiger partial charge in [0.1, 0.15) is 0 Å². The molecule has 1 atom stereocenters. The second-order valence-electron chi connectivity index (χ2n) is 4.42. The predicted molar refractivity (Wildman–Crippen MR) is 74.7 cm³/mol. The molecule has 5 nitrogen and oxygen atoms in total. The third kappa shape index (κ3) is 5.27. The number of amides is 2. The quantitative estimate of drug-likeness (QED) is 0.719. The maximum absolute atomic E-state index is 12.1. The zero-order chi connectivity index (χ0) is 13.4. The van der Waals surface area contributed by atoms with Gasteiger partial charge in [0.05, 0.1) is 6.54 Å². The van der Waals surface area contributed by atoms with E-state index in [0.717, 1.165) is 24.5 Å². The molecule has 0 aromatic heterocycles. The summed E-state index contributed by atoms with van der Waals surface area (Å²) in [6.07, 6.45) is 1.36. The molecule has 18 heavy (non-hydrogen) atoms. The Morgan fingerprint density at radius 3 is 2.83 bits per heavy atom. The highest BCUT2D eigenvalue weighted by molar-refractivity contribution is 7.99. The Kier molecular flexibility index (Phi) is 7.12. The summed E-state index contributed by atoms with van der Waals surface area (Å²) in [6.45, 7) is 3.79. The summed E-state index contributed by atoms with van der Waals surface area (Å²) in [5.74, 6) is 2.05. The molecule has 0 bridgehead atoms. The van der Waals surface area contributed by atoms with Gasteiger partial charge in [-0.3, -0.25) is 9.59 Å². The lowest BCUT2D eigenvalue weighted by Crippen LogP contribution is -2.45. The van der Waals surface area contributed by atoms with Crippen molar-refractivity contribution in [3.05, 3.63) is 0 Å². The topological polar surface area (TPSA) is 61.4 Å². The molecule has 2 amide bonds.